The summed E-state index contributed by atoms with van der Waals surface area (Å²) in [6, 6.07) is 1.76. The second-order valence-electron chi connectivity index (χ2n) is 3.42. The van der Waals surface area contributed by atoms with E-state index in [4.69, 9.17) is 4.42 Å². The molecule has 0 aromatic carbocycles. The van der Waals surface area contributed by atoms with Crippen LogP contribution in [0.4, 0.5) is 0 Å². The number of aromatic nitrogens is 1. The quantitative estimate of drug-likeness (QED) is 0.843. The molecule has 0 unspecified atom stereocenters. The van der Waals surface area contributed by atoms with Crippen molar-refractivity contribution < 1.29 is 8.63 Å². The van der Waals surface area contributed by atoms with Crippen LogP contribution < -0.4 is 0 Å². The van der Waals surface area contributed by atoms with Gasteiger partial charge in [0.05, 0.1) is 38.4 Å². The van der Waals surface area contributed by atoms with Crippen molar-refractivity contribution in [2.45, 2.75) is 30.9 Å². The Morgan fingerprint density at radius 3 is 2.94 bits per heavy atom. The van der Waals surface area contributed by atoms with Gasteiger partial charge in [-0.25, -0.2) is 4.98 Å². The molecule has 0 N–H and O–H groups in total. The molecule has 2 aromatic heterocycles. The SMILES string of the molecule is CCc1nc(C[S@@](=O)c2ccoc2C)cs1. The van der Waals surface area contributed by atoms with Crippen molar-refractivity contribution in [1.29, 1.82) is 0 Å². The van der Waals surface area contributed by atoms with Crippen LogP contribution in [0.1, 0.15) is 23.4 Å². The van der Waals surface area contributed by atoms with E-state index in [1.807, 2.05) is 12.3 Å². The van der Waals surface area contributed by atoms with Crippen molar-refractivity contribution in [2.24, 2.45) is 0 Å². The number of furan rings is 1. The number of nitrogens with zero attached hydrogens (tertiary/aromatic N) is 1. The third kappa shape index (κ3) is 2.41. The van der Waals surface area contributed by atoms with Gasteiger partial charge in [0.25, 0.3) is 0 Å². The van der Waals surface area contributed by atoms with Gasteiger partial charge >= 0.3 is 0 Å². The molecule has 3 nitrogen and oxygen atoms in total. The van der Waals surface area contributed by atoms with Gasteiger partial charge in [0.1, 0.15) is 5.76 Å². The van der Waals surface area contributed by atoms with Crippen LogP contribution in [0.25, 0.3) is 0 Å². The molecule has 0 spiro atoms. The van der Waals surface area contributed by atoms with E-state index < -0.39 is 10.8 Å². The Hall–Kier alpha value is -0.940. The van der Waals surface area contributed by atoms with Crippen molar-refractivity contribution >= 4 is 22.1 Å². The molecule has 0 fully saturated rings. The zero-order valence-electron chi connectivity index (χ0n) is 9.23. The highest BCUT2D eigenvalue weighted by Gasteiger charge is 2.12. The standard InChI is InChI=1S/C11H13NO2S2/c1-3-11-12-9(6-15-11)7-16(13)10-4-5-14-8(10)2/h4-6H,3,7H2,1-2H3/t16-/m1/s1. The second kappa shape index (κ2) is 4.93. The Balaban J connectivity index is 2.11. The first kappa shape index (κ1) is 11.5. The minimum atomic E-state index is -1.05. The molecule has 0 saturated heterocycles. The van der Waals surface area contributed by atoms with Crippen LogP contribution >= 0.6 is 11.3 Å². The minimum absolute atomic E-state index is 0.469. The highest BCUT2D eigenvalue weighted by Crippen LogP contribution is 2.18. The molecule has 0 saturated carbocycles. The zero-order chi connectivity index (χ0) is 11.5. The average Bonchev–Trinajstić information content (AvgIpc) is 2.86. The lowest BCUT2D eigenvalue weighted by atomic mass is 10.5. The molecule has 0 bridgehead atoms. The van der Waals surface area contributed by atoms with Gasteiger partial charge in [0.15, 0.2) is 0 Å². The van der Waals surface area contributed by atoms with Gasteiger partial charge in [-0.1, -0.05) is 6.92 Å². The maximum Gasteiger partial charge on any atom is 0.116 e. The summed E-state index contributed by atoms with van der Waals surface area (Å²) in [5.41, 5.74) is 0.904. The third-order valence-corrected chi connectivity index (χ3v) is 4.75. The molecule has 86 valence electrons. The van der Waals surface area contributed by atoms with Crippen molar-refractivity contribution in [3.8, 4) is 0 Å². The van der Waals surface area contributed by atoms with Crippen LogP contribution in [0.15, 0.2) is 27.0 Å². The van der Waals surface area contributed by atoms with Crippen molar-refractivity contribution in [3.63, 3.8) is 0 Å². The number of rotatable bonds is 4. The van der Waals surface area contributed by atoms with Crippen LogP contribution in [0.2, 0.25) is 0 Å². The molecule has 0 aliphatic carbocycles. The van der Waals surface area contributed by atoms with Gasteiger partial charge in [0, 0.05) is 5.38 Å². The molecule has 0 aliphatic rings. The average molecular weight is 255 g/mol. The summed E-state index contributed by atoms with van der Waals surface area (Å²) < 4.78 is 17.1. The van der Waals surface area contributed by atoms with Gasteiger partial charge < -0.3 is 4.42 Å². The predicted octanol–water partition coefficient (Wildman–Crippen LogP) is 2.91. The lowest BCUT2D eigenvalue weighted by Gasteiger charge is -1.97. The van der Waals surface area contributed by atoms with Gasteiger partial charge in [0.2, 0.25) is 0 Å². The summed E-state index contributed by atoms with van der Waals surface area (Å²) in [4.78, 5) is 5.17. The Labute approximate surface area is 101 Å². The molecule has 0 radical (unpaired) electrons. The molecule has 5 heteroatoms. The lowest BCUT2D eigenvalue weighted by Crippen LogP contribution is -1.97. The normalized spacial score (nSPS) is 12.9. The van der Waals surface area contributed by atoms with Crippen LogP contribution in [0.3, 0.4) is 0 Å². The Kier molecular flexibility index (Phi) is 3.56. The topological polar surface area (TPSA) is 43.1 Å². The Bertz CT molecular complexity index is 502. The van der Waals surface area contributed by atoms with E-state index in [0.717, 1.165) is 27.8 Å². The predicted molar refractivity (Wildman–Crippen MR) is 65.0 cm³/mol. The van der Waals surface area contributed by atoms with E-state index >= 15 is 0 Å². The van der Waals surface area contributed by atoms with E-state index in [0.29, 0.717) is 5.75 Å². The summed E-state index contributed by atoms with van der Waals surface area (Å²) in [6.45, 7) is 3.89. The molecule has 2 rings (SSSR count). The monoisotopic (exact) mass is 255 g/mol. The number of hydrogen-bond acceptors (Lipinski definition) is 4. The molecular formula is C11H13NO2S2. The molecule has 16 heavy (non-hydrogen) atoms. The zero-order valence-corrected chi connectivity index (χ0v) is 10.9. The van der Waals surface area contributed by atoms with E-state index in [1.54, 1.807) is 23.7 Å². The van der Waals surface area contributed by atoms with E-state index in [2.05, 4.69) is 11.9 Å². The molecule has 0 aliphatic heterocycles. The van der Waals surface area contributed by atoms with E-state index in [-0.39, 0.29) is 0 Å². The third-order valence-electron chi connectivity index (χ3n) is 2.24. The summed E-state index contributed by atoms with van der Waals surface area (Å²) in [7, 11) is -1.05. The highest BCUT2D eigenvalue weighted by molar-refractivity contribution is 7.84. The summed E-state index contributed by atoms with van der Waals surface area (Å²) >= 11 is 1.62. The maximum absolute atomic E-state index is 12.0. The van der Waals surface area contributed by atoms with Crippen molar-refractivity contribution in [3.05, 3.63) is 34.2 Å². The van der Waals surface area contributed by atoms with E-state index in [9.17, 15) is 4.21 Å². The maximum atomic E-state index is 12.0. The summed E-state index contributed by atoms with van der Waals surface area (Å²) in [5.74, 6) is 1.20. The summed E-state index contributed by atoms with van der Waals surface area (Å²) in [5, 5.41) is 3.07. The second-order valence-corrected chi connectivity index (χ2v) is 5.78. The van der Waals surface area contributed by atoms with Gasteiger partial charge in [-0.2, -0.15) is 0 Å². The highest BCUT2D eigenvalue weighted by atomic mass is 32.2. The van der Waals surface area contributed by atoms with Crippen molar-refractivity contribution in [1.82, 2.24) is 4.98 Å². The van der Waals surface area contributed by atoms with E-state index in [1.165, 1.54) is 0 Å². The van der Waals surface area contributed by atoms with Gasteiger partial charge in [-0.15, -0.1) is 11.3 Å². The first-order valence-corrected chi connectivity index (χ1v) is 7.26. The molecule has 0 amide bonds. The smallest absolute Gasteiger partial charge is 0.116 e. The first-order valence-electron chi connectivity index (χ1n) is 5.06. The number of hydrogen-bond donors (Lipinski definition) is 0. The molecule has 2 heterocycles. The van der Waals surface area contributed by atoms with Crippen LogP contribution in [0.5, 0.6) is 0 Å². The van der Waals surface area contributed by atoms with Crippen LogP contribution in [-0.2, 0) is 23.0 Å². The largest absolute Gasteiger partial charge is 0.468 e. The molecule has 2 aromatic rings. The number of aryl methyl sites for hydroxylation is 2. The van der Waals surface area contributed by atoms with Crippen LogP contribution in [0, 0.1) is 6.92 Å². The Morgan fingerprint density at radius 2 is 2.38 bits per heavy atom. The van der Waals surface area contributed by atoms with Crippen LogP contribution in [-0.4, -0.2) is 9.19 Å². The summed E-state index contributed by atoms with van der Waals surface area (Å²) in [6.07, 6.45) is 2.50. The minimum Gasteiger partial charge on any atom is -0.468 e. The fourth-order valence-electron chi connectivity index (χ4n) is 1.40. The Morgan fingerprint density at radius 1 is 1.56 bits per heavy atom. The lowest BCUT2D eigenvalue weighted by molar-refractivity contribution is 0.526. The fourth-order valence-corrected chi connectivity index (χ4v) is 3.40. The molecule has 1 atom stereocenters. The fraction of sp³-hybridized carbons (Fsp3) is 0.364. The van der Waals surface area contributed by atoms with Crippen molar-refractivity contribution in [2.75, 3.05) is 0 Å². The van der Waals surface area contributed by atoms with Gasteiger partial charge in [-0.05, 0) is 19.4 Å². The molecular weight excluding hydrogens is 242 g/mol. The van der Waals surface area contributed by atoms with Gasteiger partial charge in [-0.3, -0.25) is 4.21 Å². The first-order chi connectivity index (χ1) is 7.70. The number of thiazole rings is 1.